The Morgan fingerprint density at radius 2 is 1.78 bits per heavy atom. The summed E-state index contributed by atoms with van der Waals surface area (Å²) in [5.41, 5.74) is 1.23. The van der Waals surface area contributed by atoms with Gasteiger partial charge in [0.25, 0.3) is 0 Å². The van der Waals surface area contributed by atoms with E-state index in [2.05, 4.69) is 9.62 Å². The molecule has 0 atom stereocenters. The van der Waals surface area contributed by atoms with E-state index in [0.717, 1.165) is 18.4 Å². The van der Waals surface area contributed by atoms with Gasteiger partial charge < -0.3 is 4.90 Å². The average Bonchev–Trinajstić information content (AvgIpc) is 3.59. The van der Waals surface area contributed by atoms with Gasteiger partial charge in [-0.2, -0.15) is 0 Å². The molecule has 1 N–H and O–H groups in total. The van der Waals surface area contributed by atoms with E-state index in [0.29, 0.717) is 43.3 Å². The maximum Gasteiger partial charge on any atom is 0.246 e. The predicted molar refractivity (Wildman–Crippen MR) is 122 cm³/mol. The number of carbonyl (C=O) groups excluding carboxylic acids is 1. The molecule has 32 heavy (non-hydrogen) atoms. The number of hydrogen-bond donors (Lipinski definition) is 1. The molecule has 0 spiro atoms. The topological polar surface area (TPSA) is 69.7 Å². The van der Waals surface area contributed by atoms with E-state index in [-0.39, 0.29) is 22.7 Å². The molecule has 1 aliphatic heterocycles. The fourth-order valence-corrected chi connectivity index (χ4v) is 5.08. The van der Waals surface area contributed by atoms with Crippen LogP contribution in [0.2, 0.25) is 5.02 Å². The molecule has 1 saturated carbocycles. The second-order valence-corrected chi connectivity index (χ2v) is 10.2. The SMILES string of the molecule is O=C(/C=C/c1ccc(S(=O)(=O)NC2CC2)cc1)N1CCN(Cc2c(F)cccc2Cl)CC1. The van der Waals surface area contributed by atoms with Crippen molar-refractivity contribution in [2.45, 2.75) is 30.3 Å². The first-order chi connectivity index (χ1) is 15.3. The monoisotopic (exact) mass is 477 g/mol. The molecule has 1 saturated heterocycles. The molecule has 0 unspecified atom stereocenters. The van der Waals surface area contributed by atoms with Gasteiger partial charge in [0.05, 0.1) is 4.90 Å². The van der Waals surface area contributed by atoms with Gasteiger partial charge in [-0.15, -0.1) is 0 Å². The number of hydrogen-bond acceptors (Lipinski definition) is 4. The molecule has 4 rings (SSSR count). The van der Waals surface area contributed by atoms with Gasteiger partial charge in [0.15, 0.2) is 0 Å². The van der Waals surface area contributed by atoms with Crippen LogP contribution in [0.25, 0.3) is 6.08 Å². The highest BCUT2D eigenvalue weighted by atomic mass is 35.5. The summed E-state index contributed by atoms with van der Waals surface area (Å²) in [6, 6.07) is 11.2. The van der Waals surface area contributed by atoms with Crippen molar-refractivity contribution in [2.24, 2.45) is 0 Å². The summed E-state index contributed by atoms with van der Waals surface area (Å²) in [6.45, 7) is 2.75. The highest BCUT2D eigenvalue weighted by Crippen LogP contribution is 2.23. The number of halogens is 2. The molecule has 2 aliphatic rings. The Morgan fingerprint density at radius 3 is 2.41 bits per heavy atom. The smallest absolute Gasteiger partial charge is 0.246 e. The van der Waals surface area contributed by atoms with Crippen LogP contribution in [0.3, 0.4) is 0 Å². The van der Waals surface area contributed by atoms with Crippen molar-refractivity contribution >= 4 is 33.6 Å². The first-order valence-corrected chi connectivity index (χ1v) is 12.4. The van der Waals surface area contributed by atoms with Gasteiger partial charge in [0.1, 0.15) is 5.82 Å². The van der Waals surface area contributed by atoms with Crippen LogP contribution in [0, 0.1) is 5.82 Å². The molecule has 2 fully saturated rings. The minimum absolute atomic E-state index is 0.0568. The fourth-order valence-electron chi connectivity index (χ4n) is 3.55. The summed E-state index contributed by atoms with van der Waals surface area (Å²) in [7, 11) is -3.48. The van der Waals surface area contributed by atoms with Gasteiger partial charge in [-0.1, -0.05) is 29.8 Å². The first kappa shape index (κ1) is 22.9. The quantitative estimate of drug-likeness (QED) is 0.621. The number of piperazine rings is 1. The summed E-state index contributed by atoms with van der Waals surface area (Å²) >= 11 is 6.11. The van der Waals surface area contributed by atoms with Crippen molar-refractivity contribution in [3.63, 3.8) is 0 Å². The molecule has 1 aliphatic carbocycles. The van der Waals surface area contributed by atoms with Crippen LogP contribution < -0.4 is 4.72 Å². The Bertz CT molecular complexity index is 1090. The van der Waals surface area contributed by atoms with Crippen LogP contribution in [-0.4, -0.2) is 56.3 Å². The number of carbonyl (C=O) groups is 1. The van der Waals surface area contributed by atoms with Gasteiger partial charge in [-0.3, -0.25) is 9.69 Å². The molecular weight excluding hydrogens is 453 g/mol. The molecule has 0 radical (unpaired) electrons. The van der Waals surface area contributed by atoms with E-state index in [1.165, 1.54) is 12.1 Å². The molecule has 170 valence electrons. The third-order valence-electron chi connectivity index (χ3n) is 5.64. The molecule has 2 aromatic carbocycles. The highest BCUT2D eigenvalue weighted by molar-refractivity contribution is 7.89. The minimum Gasteiger partial charge on any atom is -0.337 e. The Kier molecular flexibility index (Phi) is 6.95. The van der Waals surface area contributed by atoms with Crippen LogP contribution in [0.4, 0.5) is 4.39 Å². The number of amides is 1. The van der Waals surface area contributed by atoms with Gasteiger partial charge in [-0.05, 0) is 48.7 Å². The number of rotatable bonds is 7. The van der Waals surface area contributed by atoms with E-state index >= 15 is 0 Å². The molecule has 2 aromatic rings. The molecule has 9 heteroatoms. The lowest BCUT2D eigenvalue weighted by molar-refractivity contribution is -0.127. The molecule has 6 nitrogen and oxygen atoms in total. The lowest BCUT2D eigenvalue weighted by Crippen LogP contribution is -2.47. The maximum absolute atomic E-state index is 14.0. The highest BCUT2D eigenvalue weighted by Gasteiger charge is 2.27. The third-order valence-corrected chi connectivity index (χ3v) is 7.53. The standard InChI is InChI=1S/C23H25ClFN3O3S/c24-21-2-1-3-22(25)20(21)16-27-12-14-28(15-13-27)23(29)11-6-17-4-9-19(10-5-17)32(30,31)26-18-7-8-18/h1-6,9-11,18,26H,7-8,12-16H2/b11-6+. The van der Waals surface area contributed by atoms with E-state index < -0.39 is 10.0 Å². The zero-order valence-corrected chi connectivity index (χ0v) is 19.1. The lowest BCUT2D eigenvalue weighted by atomic mass is 10.1. The lowest BCUT2D eigenvalue weighted by Gasteiger charge is -2.34. The summed E-state index contributed by atoms with van der Waals surface area (Å²) in [6.07, 6.45) is 4.94. The number of nitrogens with one attached hydrogen (secondary N) is 1. The second kappa shape index (κ2) is 9.70. The summed E-state index contributed by atoms with van der Waals surface area (Å²) < 4.78 is 41.1. The van der Waals surface area contributed by atoms with Crippen LogP contribution >= 0.6 is 11.6 Å². The van der Waals surface area contributed by atoms with Crippen molar-refractivity contribution in [3.8, 4) is 0 Å². The molecule has 0 aromatic heterocycles. The maximum atomic E-state index is 14.0. The first-order valence-electron chi connectivity index (χ1n) is 10.6. The van der Waals surface area contributed by atoms with E-state index in [4.69, 9.17) is 11.6 Å². The predicted octanol–water partition coefficient (Wildman–Crippen LogP) is 3.28. The van der Waals surface area contributed by atoms with Crippen LogP contribution in [0.15, 0.2) is 53.4 Å². The molecule has 1 heterocycles. The number of benzene rings is 2. The largest absolute Gasteiger partial charge is 0.337 e. The fraction of sp³-hybridized carbons (Fsp3) is 0.348. The summed E-state index contributed by atoms with van der Waals surface area (Å²) in [5, 5.41) is 0.411. The van der Waals surface area contributed by atoms with Crippen molar-refractivity contribution in [1.29, 1.82) is 0 Å². The van der Waals surface area contributed by atoms with E-state index in [1.54, 1.807) is 47.4 Å². The van der Waals surface area contributed by atoms with Crippen molar-refractivity contribution in [3.05, 3.63) is 70.5 Å². The number of nitrogens with zero attached hydrogens (tertiary/aromatic N) is 2. The van der Waals surface area contributed by atoms with Crippen LogP contribution in [-0.2, 0) is 21.4 Å². The zero-order valence-electron chi connectivity index (χ0n) is 17.5. The van der Waals surface area contributed by atoms with Crippen LogP contribution in [0.1, 0.15) is 24.0 Å². The van der Waals surface area contributed by atoms with Gasteiger partial charge in [0, 0.05) is 55.4 Å². The Hall–Kier alpha value is -2.26. The second-order valence-electron chi connectivity index (χ2n) is 8.10. The Labute approximate surface area is 192 Å². The van der Waals surface area contributed by atoms with E-state index in [9.17, 15) is 17.6 Å². The molecule has 0 bridgehead atoms. The van der Waals surface area contributed by atoms with Gasteiger partial charge in [-0.25, -0.2) is 17.5 Å². The Balaban J connectivity index is 1.29. The third kappa shape index (κ3) is 5.75. The minimum atomic E-state index is -3.48. The van der Waals surface area contributed by atoms with Crippen molar-refractivity contribution in [2.75, 3.05) is 26.2 Å². The van der Waals surface area contributed by atoms with Crippen molar-refractivity contribution in [1.82, 2.24) is 14.5 Å². The molecular formula is C23H25ClFN3O3S. The van der Waals surface area contributed by atoms with Crippen molar-refractivity contribution < 1.29 is 17.6 Å². The summed E-state index contributed by atoms with van der Waals surface area (Å²) in [4.78, 5) is 16.6. The number of sulfonamides is 1. The normalized spacial score (nSPS) is 17.8. The van der Waals surface area contributed by atoms with Gasteiger partial charge in [0.2, 0.25) is 15.9 Å². The van der Waals surface area contributed by atoms with Crippen LogP contribution in [0.5, 0.6) is 0 Å². The zero-order chi connectivity index (χ0) is 22.7. The van der Waals surface area contributed by atoms with Gasteiger partial charge >= 0.3 is 0 Å². The molecule has 1 amide bonds. The average molecular weight is 478 g/mol. The van der Waals surface area contributed by atoms with E-state index in [1.807, 2.05) is 0 Å². The summed E-state index contributed by atoms with van der Waals surface area (Å²) in [5.74, 6) is -0.429. The Morgan fingerprint density at radius 1 is 1.09 bits per heavy atom.